The molecule has 0 aliphatic rings. The van der Waals surface area contributed by atoms with Crippen LogP contribution in [0.1, 0.15) is 11.1 Å². The molecule has 0 amide bonds. The molecule has 0 aliphatic heterocycles. The molecule has 0 aliphatic carbocycles. The molecule has 0 fully saturated rings. The Kier molecular flexibility index (Phi) is 5.16. The van der Waals surface area contributed by atoms with Crippen LogP contribution in [0.25, 0.3) is 11.1 Å². The van der Waals surface area contributed by atoms with E-state index in [-0.39, 0.29) is 6.61 Å². The van der Waals surface area contributed by atoms with E-state index in [1.165, 1.54) is 32.0 Å². The first-order valence-electron chi connectivity index (χ1n) is 7.80. The van der Waals surface area contributed by atoms with Gasteiger partial charge in [-0.05, 0) is 53.8 Å². The summed E-state index contributed by atoms with van der Waals surface area (Å²) >= 11 is 1.78. The van der Waals surface area contributed by atoms with Crippen LogP contribution in [0, 0.1) is 6.92 Å². The maximum Gasteiger partial charge on any atom is 0.0471 e. The first-order valence-corrected chi connectivity index (χ1v) is 8.62. The van der Waals surface area contributed by atoms with Gasteiger partial charge in [0.25, 0.3) is 0 Å². The third kappa shape index (κ3) is 3.84. The van der Waals surface area contributed by atoms with Crippen LogP contribution in [0.2, 0.25) is 0 Å². The second-order valence-corrected chi connectivity index (χ2v) is 6.65. The quantitative estimate of drug-likeness (QED) is 0.684. The second kappa shape index (κ2) is 7.49. The number of aryl methyl sites for hydroxylation is 1. The molecule has 0 heterocycles. The molecule has 0 bridgehead atoms. The summed E-state index contributed by atoms with van der Waals surface area (Å²) in [5.41, 5.74) is 5.02. The third-order valence-corrected chi connectivity index (χ3v) is 4.96. The summed E-state index contributed by atoms with van der Waals surface area (Å²) < 4.78 is 0. The first-order chi connectivity index (χ1) is 11.3. The zero-order valence-electron chi connectivity index (χ0n) is 13.2. The van der Waals surface area contributed by atoms with Gasteiger partial charge in [0.2, 0.25) is 0 Å². The lowest BCUT2D eigenvalue weighted by Gasteiger charge is -2.12. The van der Waals surface area contributed by atoms with E-state index in [1.807, 2.05) is 0 Å². The van der Waals surface area contributed by atoms with Crippen LogP contribution in [-0.4, -0.2) is 11.7 Å². The van der Waals surface area contributed by atoms with E-state index in [0.29, 0.717) is 6.42 Å². The second-order valence-electron chi connectivity index (χ2n) is 5.53. The molecule has 0 spiro atoms. The Morgan fingerprint density at radius 2 is 1.43 bits per heavy atom. The van der Waals surface area contributed by atoms with Crippen molar-refractivity contribution in [3.8, 4) is 11.1 Å². The molecule has 3 rings (SSSR count). The summed E-state index contributed by atoms with van der Waals surface area (Å²) in [6.07, 6.45) is 0.713. The summed E-state index contributed by atoms with van der Waals surface area (Å²) in [5, 5.41) is 9.01. The van der Waals surface area contributed by atoms with E-state index in [9.17, 15) is 0 Å². The van der Waals surface area contributed by atoms with Crippen LogP contribution in [-0.2, 0) is 6.42 Å². The lowest BCUT2D eigenvalue weighted by molar-refractivity contribution is 0.299. The highest BCUT2D eigenvalue weighted by molar-refractivity contribution is 7.99. The van der Waals surface area contributed by atoms with E-state index in [0.717, 1.165) is 0 Å². The summed E-state index contributed by atoms with van der Waals surface area (Å²) in [4.78, 5) is 2.48. The highest BCUT2D eigenvalue weighted by atomic mass is 32.2. The van der Waals surface area contributed by atoms with Gasteiger partial charge in [-0.1, -0.05) is 66.4 Å². The Morgan fingerprint density at radius 1 is 0.783 bits per heavy atom. The zero-order valence-corrected chi connectivity index (χ0v) is 14.0. The number of rotatable bonds is 5. The lowest BCUT2D eigenvalue weighted by Crippen LogP contribution is -1.89. The number of aliphatic hydroxyl groups excluding tert-OH is 1. The molecule has 0 unspecified atom stereocenters. The Balaban J connectivity index is 1.90. The van der Waals surface area contributed by atoms with Gasteiger partial charge in [0.1, 0.15) is 0 Å². The molecular formula is C21H20OS. The number of aliphatic hydroxyl groups is 1. The van der Waals surface area contributed by atoms with Crippen molar-refractivity contribution in [2.75, 3.05) is 6.61 Å². The Morgan fingerprint density at radius 3 is 2.13 bits per heavy atom. The topological polar surface area (TPSA) is 20.2 Å². The molecule has 3 aromatic rings. The predicted molar refractivity (Wildman–Crippen MR) is 98.0 cm³/mol. The van der Waals surface area contributed by atoms with Crippen LogP contribution in [0.4, 0.5) is 0 Å². The summed E-state index contributed by atoms with van der Waals surface area (Å²) in [7, 11) is 0. The van der Waals surface area contributed by atoms with Gasteiger partial charge in [0.15, 0.2) is 0 Å². The van der Waals surface area contributed by atoms with E-state index >= 15 is 0 Å². The number of hydrogen-bond donors (Lipinski definition) is 1. The molecule has 0 saturated heterocycles. The Labute approximate surface area is 142 Å². The molecule has 1 nitrogen and oxygen atoms in total. The fraction of sp³-hybridized carbons (Fsp3) is 0.143. The Hall–Kier alpha value is -2.03. The summed E-state index contributed by atoms with van der Waals surface area (Å²) in [6, 6.07) is 25.5. The summed E-state index contributed by atoms with van der Waals surface area (Å²) in [5.74, 6) is 0. The normalized spacial score (nSPS) is 10.7. The molecule has 23 heavy (non-hydrogen) atoms. The predicted octanol–water partition coefficient (Wildman–Crippen LogP) is 5.35. The van der Waals surface area contributed by atoms with Crippen molar-refractivity contribution in [1.29, 1.82) is 0 Å². The van der Waals surface area contributed by atoms with E-state index in [4.69, 9.17) is 5.11 Å². The van der Waals surface area contributed by atoms with Crippen molar-refractivity contribution in [2.45, 2.75) is 23.1 Å². The molecule has 0 aromatic heterocycles. The average molecular weight is 320 g/mol. The third-order valence-electron chi connectivity index (χ3n) is 3.87. The molecule has 2 heteroatoms. The molecule has 116 valence electrons. The minimum absolute atomic E-state index is 0.197. The van der Waals surface area contributed by atoms with Crippen LogP contribution in [0.15, 0.2) is 82.6 Å². The van der Waals surface area contributed by atoms with Crippen molar-refractivity contribution in [3.63, 3.8) is 0 Å². The van der Waals surface area contributed by atoms with Gasteiger partial charge in [0.05, 0.1) is 0 Å². The molecular weight excluding hydrogens is 300 g/mol. The SMILES string of the molecule is Cc1ccccc1-c1ccccc1Sc1ccc(CCO)cc1. The molecule has 0 radical (unpaired) electrons. The van der Waals surface area contributed by atoms with E-state index in [1.54, 1.807) is 11.8 Å². The highest BCUT2D eigenvalue weighted by Gasteiger charge is 2.08. The van der Waals surface area contributed by atoms with Gasteiger partial charge < -0.3 is 5.11 Å². The van der Waals surface area contributed by atoms with Gasteiger partial charge >= 0.3 is 0 Å². The van der Waals surface area contributed by atoms with Crippen molar-refractivity contribution in [2.24, 2.45) is 0 Å². The van der Waals surface area contributed by atoms with Gasteiger partial charge in [-0.25, -0.2) is 0 Å². The minimum atomic E-state index is 0.197. The minimum Gasteiger partial charge on any atom is -0.396 e. The van der Waals surface area contributed by atoms with Gasteiger partial charge in [-0.15, -0.1) is 0 Å². The van der Waals surface area contributed by atoms with Crippen LogP contribution < -0.4 is 0 Å². The Bertz CT molecular complexity index is 778. The van der Waals surface area contributed by atoms with Crippen molar-refractivity contribution in [1.82, 2.24) is 0 Å². The van der Waals surface area contributed by atoms with Gasteiger partial charge in [-0.3, -0.25) is 0 Å². The lowest BCUT2D eigenvalue weighted by atomic mass is 10.0. The molecule has 0 atom stereocenters. The zero-order chi connectivity index (χ0) is 16.1. The van der Waals surface area contributed by atoms with Crippen LogP contribution in [0.3, 0.4) is 0 Å². The molecule has 0 saturated carbocycles. The van der Waals surface area contributed by atoms with Crippen molar-refractivity contribution in [3.05, 3.63) is 83.9 Å². The smallest absolute Gasteiger partial charge is 0.0471 e. The standard InChI is InChI=1S/C21H20OS/c1-16-6-2-3-7-19(16)20-8-4-5-9-21(20)23-18-12-10-17(11-13-18)14-15-22/h2-13,22H,14-15H2,1H3. The fourth-order valence-corrected chi connectivity index (χ4v) is 3.59. The average Bonchev–Trinajstić information content (AvgIpc) is 2.58. The summed E-state index contributed by atoms with van der Waals surface area (Å²) in [6.45, 7) is 2.35. The van der Waals surface area contributed by atoms with Crippen molar-refractivity contribution < 1.29 is 5.11 Å². The highest BCUT2D eigenvalue weighted by Crippen LogP contribution is 2.37. The molecule has 3 aromatic carbocycles. The van der Waals surface area contributed by atoms with Crippen molar-refractivity contribution >= 4 is 11.8 Å². The van der Waals surface area contributed by atoms with Crippen LogP contribution in [0.5, 0.6) is 0 Å². The maximum atomic E-state index is 9.01. The first kappa shape index (κ1) is 15.9. The largest absolute Gasteiger partial charge is 0.396 e. The number of benzene rings is 3. The molecule has 1 N–H and O–H groups in total. The van der Waals surface area contributed by atoms with Gasteiger partial charge in [-0.2, -0.15) is 0 Å². The van der Waals surface area contributed by atoms with Crippen LogP contribution >= 0.6 is 11.8 Å². The maximum absolute atomic E-state index is 9.01. The van der Waals surface area contributed by atoms with E-state index < -0.39 is 0 Å². The van der Waals surface area contributed by atoms with E-state index in [2.05, 4.69) is 79.7 Å². The number of hydrogen-bond acceptors (Lipinski definition) is 2. The monoisotopic (exact) mass is 320 g/mol. The van der Waals surface area contributed by atoms with Gasteiger partial charge in [0, 0.05) is 16.4 Å². The fourth-order valence-electron chi connectivity index (χ4n) is 2.63.